The summed E-state index contributed by atoms with van der Waals surface area (Å²) in [7, 11) is 0. The van der Waals surface area contributed by atoms with Crippen molar-refractivity contribution >= 4 is 11.5 Å². The van der Waals surface area contributed by atoms with Crippen molar-refractivity contribution in [3.63, 3.8) is 0 Å². The van der Waals surface area contributed by atoms with Gasteiger partial charge in [-0.1, -0.05) is 6.92 Å². The predicted molar refractivity (Wildman–Crippen MR) is 70.7 cm³/mol. The molecule has 7 nitrogen and oxygen atoms in total. The monoisotopic (exact) mass is 259 g/mol. The average Bonchev–Trinajstić information content (AvgIpc) is 2.45. The summed E-state index contributed by atoms with van der Waals surface area (Å²) in [5.74, 6) is 0.481. The Balaban J connectivity index is 2.42. The van der Waals surface area contributed by atoms with Crippen molar-refractivity contribution in [3.05, 3.63) is 41.0 Å². The van der Waals surface area contributed by atoms with Crippen molar-refractivity contribution in [2.24, 2.45) is 0 Å². The second-order valence-corrected chi connectivity index (χ2v) is 3.91. The standard InChI is InChI=1S/C12H13N5O2/c1-2-3-15-12-5-10(17(18)19)4-11(16-12)9-6-13-8-14-7-9/h4-8H,2-3H2,1H3,(H,15,16). The van der Waals surface area contributed by atoms with E-state index in [1.165, 1.54) is 18.5 Å². The zero-order valence-electron chi connectivity index (χ0n) is 10.4. The van der Waals surface area contributed by atoms with Gasteiger partial charge in [-0.05, 0) is 6.42 Å². The summed E-state index contributed by atoms with van der Waals surface area (Å²) in [6.45, 7) is 2.72. The number of pyridine rings is 1. The second kappa shape index (κ2) is 5.85. The maximum atomic E-state index is 10.9. The third-order valence-corrected chi connectivity index (χ3v) is 2.43. The van der Waals surface area contributed by atoms with Crippen LogP contribution in [0.2, 0.25) is 0 Å². The first-order valence-corrected chi connectivity index (χ1v) is 5.86. The Morgan fingerprint density at radius 1 is 1.32 bits per heavy atom. The summed E-state index contributed by atoms with van der Waals surface area (Å²) in [4.78, 5) is 22.6. The van der Waals surface area contributed by atoms with Gasteiger partial charge >= 0.3 is 0 Å². The number of rotatable bonds is 5. The Bertz CT molecular complexity index is 574. The van der Waals surface area contributed by atoms with Crippen molar-refractivity contribution in [2.45, 2.75) is 13.3 Å². The highest BCUT2D eigenvalue weighted by Gasteiger charge is 2.12. The van der Waals surface area contributed by atoms with E-state index >= 15 is 0 Å². The van der Waals surface area contributed by atoms with Crippen LogP contribution >= 0.6 is 0 Å². The number of aromatic nitrogens is 3. The Hall–Kier alpha value is -2.57. The zero-order chi connectivity index (χ0) is 13.7. The molecule has 2 aromatic rings. The summed E-state index contributed by atoms with van der Waals surface area (Å²) in [5, 5.41) is 14.0. The fourth-order valence-electron chi connectivity index (χ4n) is 1.54. The Morgan fingerprint density at radius 3 is 2.68 bits per heavy atom. The highest BCUT2D eigenvalue weighted by molar-refractivity contribution is 5.63. The number of nitrogens with zero attached hydrogens (tertiary/aromatic N) is 4. The Kier molecular flexibility index (Phi) is 3.97. The van der Waals surface area contributed by atoms with E-state index < -0.39 is 4.92 Å². The van der Waals surface area contributed by atoms with Crippen LogP contribution in [0.4, 0.5) is 11.5 Å². The molecule has 98 valence electrons. The first-order chi connectivity index (χ1) is 9.20. The fraction of sp³-hybridized carbons (Fsp3) is 0.250. The molecule has 0 unspecified atom stereocenters. The van der Waals surface area contributed by atoms with E-state index in [0.717, 1.165) is 6.42 Å². The van der Waals surface area contributed by atoms with E-state index in [0.29, 0.717) is 23.6 Å². The third kappa shape index (κ3) is 3.21. The molecule has 2 aromatic heterocycles. The van der Waals surface area contributed by atoms with Crippen LogP contribution in [0.15, 0.2) is 30.9 Å². The minimum Gasteiger partial charge on any atom is -0.370 e. The van der Waals surface area contributed by atoms with Gasteiger partial charge in [-0.3, -0.25) is 10.1 Å². The van der Waals surface area contributed by atoms with Gasteiger partial charge < -0.3 is 5.32 Å². The Morgan fingerprint density at radius 2 is 2.05 bits per heavy atom. The van der Waals surface area contributed by atoms with Crippen LogP contribution in [0.1, 0.15) is 13.3 Å². The first kappa shape index (κ1) is 12.9. The normalized spacial score (nSPS) is 10.2. The molecule has 0 amide bonds. The van der Waals surface area contributed by atoms with E-state index in [2.05, 4.69) is 20.3 Å². The number of anilines is 1. The van der Waals surface area contributed by atoms with Crippen LogP contribution in [0, 0.1) is 10.1 Å². The van der Waals surface area contributed by atoms with Gasteiger partial charge in [0.05, 0.1) is 16.7 Å². The average molecular weight is 259 g/mol. The van der Waals surface area contributed by atoms with Crippen LogP contribution in [-0.4, -0.2) is 26.4 Å². The maximum absolute atomic E-state index is 10.9. The number of hydrogen-bond acceptors (Lipinski definition) is 6. The smallest absolute Gasteiger partial charge is 0.275 e. The van der Waals surface area contributed by atoms with Crippen molar-refractivity contribution in [3.8, 4) is 11.3 Å². The minimum absolute atomic E-state index is 0.00699. The molecule has 2 heterocycles. The SMILES string of the molecule is CCCNc1cc([N+](=O)[O-])cc(-c2cncnc2)n1. The van der Waals surface area contributed by atoms with Gasteiger partial charge in [0.15, 0.2) is 0 Å². The van der Waals surface area contributed by atoms with Crippen LogP contribution in [0.5, 0.6) is 0 Å². The third-order valence-electron chi connectivity index (χ3n) is 2.43. The molecule has 0 aromatic carbocycles. The summed E-state index contributed by atoms with van der Waals surface area (Å²) >= 11 is 0. The molecule has 19 heavy (non-hydrogen) atoms. The van der Waals surface area contributed by atoms with Gasteiger partial charge in [0.1, 0.15) is 12.1 Å². The van der Waals surface area contributed by atoms with Gasteiger partial charge in [0.25, 0.3) is 5.69 Å². The summed E-state index contributed by atoms with van der Waals surface area (Å²) in [6.07, 6.45) is 5.45. The van der Waals surface area contributed by atoms with Crippen molar-refractivity contribution < 1.29 is 4.92 Å². The lowest BCUT2D eigenvalue weighted by molar-refractivity contribution is -0.384. The van der Waals surface area contributed by atoms with E-state index in [1.54, 1.807) is 12.4 Å². The molecule has 0 saturated carbocycles. The Labute approximate surface area is 109 Å². The molecular weight excluding hydrogens is 246 g/mol. The molecular formula is C12H13N5O2. The second-order valence-electron chi connectivity index (χ2n) is 3.91. The molecule has 7 heteroatoms. The molecule has 0 fully saturated rings. The molecule has 0 spiro atoms. The first-order valence-electron chi connectivity index (χ1n) is 5.86. The number of hydrogen-bond donors (Lipinski definition) is 1. The molecule has 0 saturated heterocycles. The van der Waals surface area contributed by atoms with Gasteiger partial charge in [0, 0.05) is 30.6 Å². The summed E-state index contributed by atoms with van der Waals surface area (Å²) in [6, 6.07) is 2.83. The summed E-state index contributed by atoms with van der Waals surface area (Å²) in [5.41, 5.74) is 1.12. The molecule has 0 aliphatic carbocycles. The quantitative estimate of drug-likeness (QED) is 0.653. The molecule has 0 radical (unpaired) electrons. The molecule has 0 aliphatic heterocycles. The molecule has 1 N–H and O–H groups in total. The highest BCUT2D eigenvalue weighted by atomic mass is 16.6. The van der Waals surface area contributed by atoms with E-state index in [9.17, 15) is 10.1 Å². The highest BCUT2D eigenvalue weighted by Crippen LogP contribution is 2.24. The zero-order valence-corrected chi connectivity index (χ0v) is 10.4. The molecule has 0 bridgehead atoms. The van der Waals surface area contributed by atoms with Crippen LogP contribution in [0.3, 0.4) is 0 Å². The molecule has 0 atom stereocenters. The van der Waals surface area contributed by atoms with Crippen LogP contribution in [-0.2, 0) is 0 Å². The van der Waals surface area contributed by atoms with Gasteiger partial charge in [-0.2, -0.15) is 0 Å². The largest absolute Gasteiger partial charge is 0.370 e. The van der Waals surface area contributed by atoms with Crippen molar-refractivity contribution in [1.29, 1.82) is 0 Å². The van der Waals surface area contributed by atoms with Crippen molar-refractivity contribution in [2.75, 3.05) is 11.9 Å². The van der Waals surface area contributed by atoms with Gasteiger partial charge in [0.2, 0.25) is 0 Å². The van der Waals surface area contributed by atoms with E-state index in [1.807, 2.05) is 6.92 Å². The topological polar surface area (TPSA) is 93.8 Å². The van der Waals surface area contributed by atoms with E-state index in [4.69, 9.17) is 0 Å². The minimum atomic E-state index is -0.438. The van der Waals surface area contributed by atoms with E-state index in [-0.39, 0.29) is 5.69 Å². The van der Waals surface area contributed by atoms with Crippen LogP contribution < -0.4 is 5.32 Å². The van der Waals surface area contributed by atoms with Crippen LogP contribution in [0.25, 0.3) is 11.3 Å². The van der Waals surface area contributed by atoms with Crippen molar-refractivity contribution in [1.82, 2.24) is 15.0 Å². The molecule has 2 rings (SSSR count). The maximum Gasteiger partial charge on any atom is 0.275 e. The summed E-state index contributed by atoms with van der Waals surface area (Å²) < 4.78 is 0. The molecule has 0 aliphatic rings. The number of nitro groups is 1. The lowest BCUT2D eigenvalue weighted by atomic mass is 10.2. The van der Waals surface area contributed by atoms with Gasteiger partial charge in [-0.15, -0.1) is 0 Å². The van der Waals surface area contributed by atoms with Gasteiger partial charge in [-0.25, -0.2) is 15.0 Å². The predicted octanol–water partition coefficient (Wildman–Crippen LogP) is 2.27. The lowest BCUT2D eigenvalue weighted by Gasteiger charge is -2.06. The fourth-order valence-corrected chi connectivity index (χ4v) is 1.54. The number of nitrogens with one attached hydrogen (secondary N) is 1. The lowest BCUT2D eigenvalue weighted by Crippen LogP contribution is -2.03.